The van der Waals surface area contributed by atoms with Crippen LogP contribution in [0.25, 0.3) is 0 Å². The lowest BCUT2D eigenvalue weighted by atomic mass is 10.1. The highest BCUT2D eigenvalue weighted by Crippen LogP contribution is 2.35. The summed E-state index contributed by atoms with van der Waals surface area (Å²) in [5.41, 5.74) is 7.89. The number of anilines is 1. The summed E-state index contributed by atoms with van der Waals surface area (Å²) >= 11 is 0. The molecule has 0 bridgehead atoms. The second kappa shape index (κ2) is 5.14. The molecule has 2 aliphatic rings. The van der Waals surface area contributed by atoms with Gasteiger partial charge in [0.05, 0.1) is 12.2 Å². The van der Waals surface area contributed by atoms with E-state index in [0.29, 0.717) is 13.2 Å². The maximum absolute atomic E-state index is 6.14. The zero-order chi connectivity index (χ0) is 14.2. The fourth-order valence-corrected chi connectivity index (χ4v) is 2.77. The van der Waals surface area contributed by atoms with Crippen LogP contribution in [-0.4, -0.2) is 43.4 Å². The maximum atomic E-state index is 6.14. The lowest BCUT2D eigenvalue weighted by Gasteiger charge is -2.38. The van der Waals surface area contributed by atoms with Crippen LogP contribution in [0, 0.1) is 0 Å². The summed E-state index contributed by atoms with van der Waals surface area (Å²) in [5.74, 6) is 1.55. The van der Waals surface area contributed by atoms with E-state index in [4.69, 9.17) is 19.9 Å². The highest BCUT2D eigenvalue weighted by atomic mass is 16.6. The van der Waals surface area contributed by atoms with Crippen LogP contribution in [0.15, 0.2) is 12.1 Å². The van der Waals surface area contributed by atoms with Crippen LogP contribution in [0.3, 0.4) is 0 Å². The summed E-state index contributed by atoms with van der Waals surface area (Å²) in [4.78, 5) is 2.37. The van der Waals surface area contributed by atoms with E-state index in [1.54, 1.807) is 0 Å². The third kappa shape index (κ3) is 2.83. The van der Waals surface area contributed by atoms with Crippen molar-refractivity contribution in [1.82, 2.24) is 4.90 Å². The zero-order valence-electron chi connectivity index (χ0n) is 12.1. The normalized spacial score (nSPS) is 21.7. The molecule has 0 unspecified atom stereocenters. The number of rotatable bonds is 2. The predicted octanol–water partition coefficient (Wildman–Crippen LogP) is 1.65. The number of hydrogen-bond donors (Lipinski definition) is 1. The Morgan fingerprint density at radius 1 is 1.15 bits per heavy atom. The molecule has 5 heteroatoms. The van der Waals surface area contributed by atoms with E-state index in [2.05, 4.69) is 18.7 Å². The Kier molecular flexibility index (Phi) is 3.48. The SMILES string of the molecule is CC1(C)CN(Cc2cc3c(cc2N)OCCO3)CCO1. The maximum Gasteiger partial charge on any atom is 0.163 e. The first-order valence-electron chi connectivity index (χ1n) is 7.08. The molecule has 0 atom stereocenters. The van der Waals surface area contributed by atoms with Crippen molar-refractivity contribution in [2.75, 3.05) is 38.6 Å². The molecule has 110 valence electrons. The molecule has 0 aromatic heterocycles. The standard InChI is InChI=1S/C15H22N2O3/c1-15(2)10-17(3-4-20-15)9-11-7-13-14(8-12(11)16)19-6-5-18-13/h7-8H,3-6,9-10,16H2,1-2H3. The number of benzene rings is 1. The van der Waals surface area contributed by atoms with Gasteiger partial charge in [0.2, 0.25) is 0 Å². The lowest BCUT2D eigenvalue weighted by molar-refractivity contribution is -0.0882. The Hall–Kier alpha value is -1.46. The third-order valence-corrected chi connectivity index (χ3v) is 3.70. The van der Waals surface area contributed by atoms with Crippen LogP contribution >= 0.6 is 0 Å². The van der Waals surface area contributed by atoms with Gasteiger partial charge in [-0.25, -0.2) is 0 Å². The van der Waals surface area contributed by atoms with Gasteiger partial charge in [0, 0.05) is 31.4 Å². The average Bonchev–Trinajstić information content (AvgIpc) is 2.38. The molecular weight excluding hydrogens is 256 g/mol. The van der Waals surface area contributed by atoms with Gasteiger partial charge in [-0.2, -0.15) is 0 Å². The Bertz CT molecular complexity index is 502. The topological polar surface area (TPSA) is 57.0 Å². The molecule has 0 radical (unpaired) electrons. The molecule has 0 saturated carbocycles. The fourth-order valence-electron chi connectivity index (χ4n) is 2.77. The number of morpholine rings is 1. The molecule has 1 aromatic carbocycles. The lowest BCUT2D eigenvalue weighted by Crippen LogP contribution is -2.47. The van der Waals surface area contributed by atoms with Gasteiger partial charge in [-0.05, 0) is 25.5 Å². The minimum atomic E-state index is -0.0964. The quantitative estimate of drug-likeness (QED) is 0.834. The molecule has 5 nitrogen and oxygen atoms in total. The second-order valence-corrected chi connectivity index (χ2v) is 6.01. The number of nitrogen functional groups attached to an aromatic ring is 1. The van der Waals surface area contributed by atoms with Gasteiger partial charge in [-0.15, -0.1) is 0 Å². The number of nitrogens with zero attached hydrogens (tertiary/aromatic N) is 1. The molecule has 0 amide bonds. The molecule has 2 N–H and O–H groups in total. The van der Waals surface area contributed by atoms with Crippen molar-refractivity contribution in [3.8, 4) is 11.5 Å². The first-order valence-corrected chi connectivity index (χ1v) is 7.08. The molecule has 1 aromatic rings. The highest BCUT2D eigenvalue weighted by molar-refractivity contribution is 5.58. The molecule has 2 aliphatic heterocycles. The van der Waals surface area contributed by atoms with E-state index >= 15 is 0 Å². The number of ether oxygens (including phenoxy) is 3. The summed E-state index contributed by atoms with van der Waals surface area (Å²) in [6, 6.07) is 3.88. The van der Waals surface area contributed by atoms with Crippen LogP contribution in [-0.2, 0) is 11.3 Å². The smallest absolute Gasteiger partial charge is 0.163 e. The molecule has 0 spiro atoms. The molecule has 0 aliphatic carbocycles. The van der Waals surface area contributed by atoms with Gasteiger partial charge in [-0.1, -0.05) is 0 Å². The van der Waals surface area contributed by atoms with Crippen molar-refractivity contribution in [1.29, 1.82) is 0 Å². The summed E-state index contributed by atoms with van der Waals surface area (Å²) in [7, 11) is 0. The Balaban J connectivity index is 1.77. The second-order valence-electron chi connectivity index (χ2n) is 6.01. The van der Waals surface area contributed by atoms with Crippen LogP contribution in [0.2, 0.25) is 0 Å². The summed E-state index contributed by atoms with van der Waals surface area (Å²) in [6.07, 6.45) is 0. The summed E-state index contributed by atoms with van der Waals surface area (Å²) in [6.45, 7) is 8.83. The van der Waals surface area contributed by atoms with Crippen molar-refractivity contribution in [2.45, 2.75) is 26.0 Å². The van der Waals surface area contributed by atoms with Crippen molar-refractivity contribution >= 4 is 5.69 Å². The van der Waals surface area contributed by atoms with Gasteiger partial charge in [0.1, 0.15) is 13.2 Å². The first kappa shape index (κ1) is 13.5. The fraction of sp³-hybridized carbons (Fsp3) is 0.600. The molecular formula is C15H22N2O3. The van der Waals surface area contributed by atoms with E-state index in [9.17, 15) is 0 Å². The van der Waals surface area contributed by atoms with E-state index in [1.807, 2.05) is 12.1 Å². The van der Waals surface area contributed by atoms with E-state index in [-0.39, 0.29) is 5.60 Å². The zero-order valence-corrected chi connectivity index (χ0v) is 12.1. The van der Waals surface area contributed by atoms with Gasteiger partial charge in [0.15, 0.2) is 11.5 Å². The van der Waals surface area contributed by atoms with E-state index < -0.39 is 0 Å². The van der Waals surface area contributed by atoms with Crippen molar-refractivity contribution in [2.24, 2.45) is 0 Å². The Morgan fingerprint density at radius 3 is 2.55 bits per heavy atom. The molecule has 2 heterocycles. The van der Waals surface area contributed by atoms with Gasteiger partial charge in [-0.3, -0.25) is 4.90 Å². The number of fused-ring (bicyclic) bond motifs is 1. The summed E-state index contributed by atoms with van der Waals surface area (Å²) in [5, 5.41) is 0. The van der Waals surface area contributed by atoms with Crippen LogP contribution in [0.1, 0.15) is 19.4 Å². The molecule has 3 rings (SSSR count). The largest absolute Gasteiger partial charge is 0.486 e. The minimum absolute atomic E-state index is 0.0964. The first-order chi connectivity index (χ1) is 9.53. The van der Waals surface area contributed by atoms with Gasteiger partial charge >= 0.3 is 0 Å². The van der Waals surface area contributed by atoms with Gasteiger partial charge < -0.3 is 19.9 Å². The molecule has 20 heavy (non-hydrogen) atoms. The van der Waals surface area contributed by atoms with Crippen molar-refractivity contribution in [3.63, 3.8) is 0 Å². The number of hydrogen-bond acceptors (Lipinski definition) is 5. The highest BCUT2D eigenvalue weighted by Gasteiger charge is 2.27. The van der Waals surface area contributed by atoms with E-state index in [0.717, 1.165) is 49.0 Å². The molecule has 1 saturated heterocycles. The average molecular weight is 278 g/mol. The van der Waals surface area contributed by atoms with Crippen molar-refractivity contribution < 1.29 is 14.2 Å². The number of nitrogens with two attached hydrogens (primary N) is 1. The molecule has 1 fully saturated rings. The van der Waals surface area contributed by atoms with E-state index in [1.165, 1.54) is 0 Å². The Morgan fingerprint density at radius 2 is 1.85 bits per heavy atom. The van der Waals surface area contributed by atoms with Crippen molar-refractivity contribution in [3.05, 3.63) is 17.7 Å². The van der Waals surface area contributed by atoms with Gasteiger partial charge in [0.25, 0.3) is 0 Å². The Labute approximate surface area is 119 Å². The third-order valence-electron chi connectivity index (χ3n) is 3.70. The summed E-state index contributed by atoms with van der Waals surface area (Å²) < 4.78 is 16.9. The minimum Gasteiger partial charge on any atom is -0.486 e. The van der Waals surface area contributed by atoms with Crippen LogP contribution in [0.4, 0.5) is 5.69 Å². The van der Waals surface area contributed by atoms with Crippen LogP contribution in [0.5, 0.6) is 11.5 Å². The van der Waals surface area contributed by atoms with Crippen LogP contribution < -0.4 is 15.2 Å². The predicted molar refractivity (Wildman–Crippen MR) is 77.2 cm³/mol. The monoisotopic (exact) mass is 278 g/mol.